The van der Waals surface area contributed by atoms with Crippen LogP contribution in [0.15, 0.2) is 54.1 Å². The van der Waals surface area contributed by atoms with Gasteiger partial charge >= 0.3 is 29.6 Å². The number of hydrogen-bond donors (Lipinski definition) is 1. The molecule has 0 aromatic heterocycles. The minimum Gasteiger partial charge on any atom is -0.548 e. The molecule has 1 fully saturated rings. The van der Waals surface area contributed by atoms with Crippen LogP contribution >= 0.6 is 11.6 Å². The van der Waals surface area contributed by atoms with Crippen molar-refractivity contribution in [2.45, 2.75) is 18.9 Å². The Balaban J connectivity index is 0.00000210. The Morgan fingerprint density at radius 3 is 2.59 bits per heavy atom. The summed E-state index contributed by atoms with van der Waals surface area (Å²) in [6, 6.07) is 13.8. The van der Waals surface area contributed by atoms with E-state index in [-0.39, 0.29) is 41.9 Å². The van der Waals surface area contributed by atoms with Gasteiger partial charge in [-0.1, -0.05) is 35.9 Å². The van der Waals surface area contributed by atoms with Gasteiger partial charge in [0, 0.05) is 34.1 Å². The average Bonchev–Trinajstić information content (AvgIpc) is 3.02. The average molecular weight is 391 g/mol. The topological polar surface area (TPSA) is 72.5 Å². The minimum atomic E-state index is -1.20. The Morgan fingerprint density at radius 1 is 1.15 bits per heavy atom. The number of nitrogens with zero attached hydrogens (tertiary/aromatic N) is 1. The molecule has 4 rings (SSSR count). The monoisotopic (exact) mass is 390 g/mol. The van der Waals surface area contributed by atoms with E-state index in [0.29, 0.717) is 29.2 Å². The first-order chi connectivity index (χ1) is 12.5. The van der Waals surface area contributed by atoms with Crippen LogP contribution in [0.1, 0.15) is 18.4 Å². The zero-order chi connectivity index (χ0) is 18.3. The number of para-hydroxylation sites is 1. The molecule has 27 heavy (non-hydrogen) atoms. The maximum atomic E-state index is 13.0. The molecule has 2 aliphatic heterocycles. The maximum absolute atomic E-state index is 13.0. The Morgan fingerprint density at radius 2 is 1.89 bits per heavy atom. The third kappa shape index (κ3) is 3.78. The van der Waals surface area contributed by atoms with Gasteiger partial charge in [0.25, 0.3) is 5.91 Å². The van der Waals surface area contributed by atoms with Gasteiger partial charge in [0.15, 0.2) is 0 Å². The van der Waals surface area contributed by atoms with Crippen molar-refractivity contribution in [1.82, 2.24) is 0 Å². The summed E-state index contributed by atoms with van der Waals surface area (Å²) in [5.41, 5.74) is 3.70. The van der Waals surface area contributed by atoms with Gasteiger partial charge < -0.3 is 20.1 Å². The molecule has 2 heterocycles. The standard InChI is InChI=1S/C20H17ClN2O3.Na/c21-12-6-7-14-16(11-18(20(25)26)22-17(14)10-12)15-8-9-23(19(15)24)13-4-2-1-3-5-13;/h1-7,10,18,22H,8-9,11H2,(H,25,26);/q;+1/p-1/b16-15+;. The first-order valence-electron chi connectivity index (χ1n) is 8.41. The van der Waals surface area contributed by atoms with E-state index in [1.807, 2.05) is 36.4 Å². The van der Waals surface area contributed by atoms with Crippen molar-refractivity contribution in [1.29, 1.82) is 0 Å². The van der Waals surface area contributed by atoms with Crippen molar-refractivity contribution < 1.29 is 44.3 Å². The zero-order valence-corrected chi connectivity index (χ0v) is 17.6. The van der Waals surface area contributed by atoms with Gasteiger partial charge in [-0.3, -0.25) is 4.79 Å². The molecule has 5 nitrogen and oxygen atoms in total. The van der Waals surface area contributed by atoms with Crippen molar-refractivity contribution in [2.75, 3.05) is 16.8 Å². The Labute approximate surface area is 184 Å². The molecule has 0 saturated carbocycles. The molecular weight excluding hydrogens is 375 g/mol. The number of carboxylic acid groups (broad SMARTS) is 1. The number of rotatable bonds is 2. The van der Waals surface area contributed by atoms with Crippen molar-refractivity contribution in [2.24, 2.45) is 0 Å². The van der Waals surface area contributed by atoms with Crippen LogP contribution in [0.4, 0.5) is 11.4 Å². The molecule has 2 aliphatic rings. The molecular formula is C20H16ClN2NaO3. The van der Waals surface area contributed by atoms with E-state index in [0.717, 1.165) is 16.8 Å². The van der Waals surface area contributed by atoms with E-state index in [1.165, 1.54) is 0 Å². The fourth-order valence-electron chi connectivity index (χ4n) is 3.61. The summed E-state index contributed by atoms with van der Waals surface area (Å²) < 4.78 is 0. The van der Waals surface area contributed by atoms with Crippen LogP contribution in [-0.4, -0.2) is 24.5 Å². The quantitative estimate of drug-likeness (QED) is 0.552. The number of benzene rings is 2. The van der Waals surface area contributed by atoms with Crippen molar-refractivity contribution in [3.8, 4) is 0 Å². The summed E-state index contributed by atoms with van der Waals surface area (Å²) in [6.45, 7) is 0.577. The molecule has 2 aromatic rings. The van der Waals surface area contributed by atoms with Gasteiger partial charge in [0.2, 0.25) is 0 Å². The Kier molecular flexibility index (Phi) is 5.96. The molecule has 2 aromatic carbocycles. The number of carbonyl (C=O) groups is 2. The minimum absolute atomic E-state index is 0. The van der Waals surface area contributed by atoms with Crippen LogP contribution in [0.2, 0.25) is 5.02 Å². The summed E-state index contributed by atoms with van der Waals surface area (Å²) >= 11 is 6.05. The van der Waals surface area contributed by atoms with Crippen LogP contribution < -0.4 is 44.9 Å². The smallest absolute Gasteiger partial charge is 0.548 e. The molecule has 0 radical (unpaired) electrons. The van der Waals surface area contributed by atoms with Gasteiger partial charge in [0.1, 0.15) is 0 Å². The number of anilines is 2. The van der Waals surface area contributed by atoms with Crippen LogP contribution in [0, 0.1) is 0 Å². The number of amides is 1. The second-order valence-electron chi connectivity index (χ2n) is 6.41. The van der Waals surface area contributed by atoms with E-state index < -0.39 is 12.0 Å². The second kappa shape index (κ2) is 8.07. The van der Waals surface area contributed by atoms with E-state index in [2.05, 4.69) is 5.32 Å². The number of fused-ring (bicyclic) bond motifs is 1. The predicted molar refractivity (Wildman–Crippen MR) is 98.8 cm³/mol. The molecule has 0 bridgehead atoms. The normalized spacial score (nSPS) is 21.3. The van der Waals surface area contributed by atoms with Crippen LogP contribution in [-0.2, 0) is 9.59 Å². The molecule has 1 unspecified atom stereocenters. The summed E-state index contributed by atoms with van der Waals surface area (Å²) in [4.78, 5) is 26.2. The molecule has 7 heteroatoms. The fourth-order valence-corrected chi connectivity index (χ4v) is 3.78. The van der Waals surface area contributed by atoms with E-state index in [9.17, 15) is 14.7 Å². The zero-order valence-electron chi connectivity index (χ0n) is 14.9. The Hall–Kier alpha value is -1.79. The number of carbonyl (C=O) groups excluding carboxylic acids is 2. The van der Waals surface area contributed by atoms with Crippen molar-refractivity contribution in [3.63, 3.8) is 0 Å². The van der Waals surface area contributed by atoms with Crippen LogP contribution in [0.25, 0.3) is 5.57 Å². The number of hydrogen-bond acceptors (Lipinski definition) is 4. The molecule has 0 aliphatic carbocycles. The number of halogens is 1. The van der Waals surface area contributed by atoms with Gasteiger partial charge in [-0.2, -0.15) is 0 Å². The van der Waals surface area contributed by atoms with Crippen molar-refractivity contribution in [3.05, 3.63) is 64.7 Å². The number of aliphatic carboxylic acids is 1. The van der Waals surface area contributed by atoms with Crippen LogP contribution in [0.3, 0.4) is 0 Å². The summed E-state index contributed by atoms with van der Waals surface area (Å²) in [6.07, 6.45) is 0.783. The second-order valence-corrected chi connectivity index (χ2v) is 6.85. The molecule has 0 spiro atoms. The summed E-state index contributed by atoms with van der Waals surface area (Å²) in [5.74, 6) is -1.27. The number of carboxylic acids is 1. The van der Waals surface area contributed by atoms with Gasteiger partial charge in [-0.15, -0.1) is 0 Å². The fraction of sp³-hybridized carbons (Fsp3) is 0.200. The SMILES string of the molecule is O=C([O-])C1C/C(=C2/CCN(c3ccccc3)C2=O)c2ccc(Cl)cc2N1.[Na+]. The van der Waals surface area contributed by atoms with Gasteiger partial charge in [-0.05, 0) is 42.7 Å². The molecule has 1 atom stereocenters. The molecule has 1 amide bonds. The van der Waals surface area contributed by atoms with Crippen molar-refractivity contribution >= 4 is 40.4 Å². The largest absolute Gasteiger partial charge is 1.00 e. The molecule has 1 N–H and O–H groups in total. The maximum Gasteiger partial charge on any atom is 1.00 e. The first-order valence-corrected chi connectivity index (χ1v) is 8.78. The van der Waals surface area contributed by atoms with E-state index >= 15 is 0 Å². The van der Waals surface area contributed by atoms with Crippen LogP contribution in [0.5, 0.6) is 0 Å². The Bertz CT molecular complexity index is 930. The predicted octanol–water partition coefficient (Wildman–Crippen LogP) is -0.531. The third-order valence-electron chi connectivity index (χ3n) is 4.85. The van der Waals surface area contributed by atoms with E-state index in [1.54, 1.807) is 17.0 Å². The number of nitrogens with one attached hydrogen (secondary N) is 1. The molecule has 132 valence electrons. The third-order valence-corrected chi connectivity index (χ3v) is 5.09. The van der Waals surface area contributed by atoms with Gasteiger partial charge in [0.05, 0.1) is 12.0 Å². The summed E-state index contributed by atoms with van der Waals surface area (Å²) in [5, 5.41) is 14.9. The van der Waals surface area contributed by atoms with E-state index in [4.69, 9.17) is 11.6 Å². The van der Waals surface area contributed by atoms with Gasteiger partial charge in [-0.25, -0.2) is 0 Å². The first kappa shape index (κ1) is 20.0. The summed E-state index contributed by atoms with van der Waals surface area (Å²) in [7, 11) is 0. The molecule has 1 saturated heterocycles.